The van der Waals surface area contributed by atoms with Gasteiger partial charge in [-0.1, -0.05) is 24.4 Å². The van der Waals surface area contributed by atoms with Gasteiger partial charge in [-0.05, 0) is 73.5 Å². The van der Waals surface area contributed by atoms with Crippen LogP contribution in [0.5, 0.6) is 5.75 Å². The molecule has 1 aliphatic carbocycles. The first-order valence-corrected chi connectivity index (χ1v) is 13.6. The average Bonchev–Trinajstić information content (AvgIpc) is 3.25. The van der Waals surface area contributed by atoms with Crippen molar-refractivity contribution in [1.82, 2.24) is 10.0 Å². The number of amides is 3. The molecule has 0 bridgehead atoms. The van der Waals surface area contributed by atoms with Crippen LogP contribution in [0.4, 0.5) is 5.69 Å². The van der Waals surface area contributed by atoms with Crippen LogP contribution in [0.3, 0.4) is 0 Å². The molecule has 0 unspecified atom stereocenters. The summed E-state index contributed by atoms with van der Waals surface area (Å²) in [6.07, 6.45) is 2.70. The van der Waals surface area contributed by atoms with Gasteiger partial charge >= 0.3 is 5.97 Å². The fourth-order valence-electron chi connectivity index (χ4n) is 5.18. The van der Waals surface area contributed by atoms with Crippen LogP contribution in [0.2, 0.25) is 5.02 Å². The van der Waals surface area contributed by atoms with Gasteiger partial charge in [-0.15, -0.1) is 0 Å². The van der Waals surface area contributed by atoms with Gasteiger partial charge in [-0.25, -0.2) is 9.80 Å². The molecular formula is C30H24ClN3O8. The van der Waals surface area contributed by atoms with Gasteiger partial charge in [0.15, 0.2) is 5.78 Å². The average molecular weight is 590 g/mol. The number of non-ortho nitro benzene ring substituents is 1. The van der Waals surface area contributed by atoms with Crippen molar-refractivity contribution in [3.8, 4) is 5.75 Å². The van der Waals surface area contributed by atoms with E-state index >= 15 is 0 Å². The van der Waals surface area contributed by atoms with Gasteiger partial charge in [0.25, 0.3) is 23.4 Å². The smallest absolute Gasteiger partial charge is 0.343 e. The van der Waals surface area contributed by atoms with Crippen molar-refractivity contribution in [3.05, 3.63) is 105 Å². The molecule has 2 atom stereocenters. The van der Waals surface area contributed by atoms with Crippen molar-refractivity contribution in [2.75, 3.05) is 6.54 Å². The Labute approximate surface area is 244 Å². The van der Waals surface area contributed by atoms with E-state index in [2.05, 4.69) is 0 Å². The third kappa shape index (κ3) is 5.77. The quantitative estimate of drug-likeness (QED) is 0.0902. The minimum atomic E-state index is -0.753. The fraction of sp³-hybridized carbons (Fsp3) is 0.233. The molecule has 2 aliphatic rings. The van der Waals surface area contributed by atoms with Crippen LogP contribution in [0, 0.1) is 22.0 Å². The number of hydrogen-bond donors (Lipinski definition) is 0. The SMILES string of the molecule is O=C(CN(C(=O)c1ccc(Cl)cc1)N1C(=O)[C@H]2CCCC[C@H]2C1=O)c1ccc(OC(=O)c2ccc([N+](=O)[O-])cc2)cc1. The zero-order valence-corrected chi connectivity index (χ0v) is 22.9. The number of carbonyl (C=O) groups excluding carboxylic acids is 5. The first-order chi connectivity index (χ1) is 20.1. The third-order valence-corrected chi connectivity index (χ3v) is 7.63. The van der Waals surface area contributed by atoms with E-state index in [4.69, 9.17) is 16.3 Å². The van der Waals surface area contributed by atoms with E-state index in [9.17, 15) is 34.1 Å². The van der Waals surface area contributed by atoms with Crippen LogP contribution in [0.25, 0.3) is 0 Å². The van der Waals surface area contributed by atoms with Gasteiger partial charge in [0.1, 0.15) is 12.3 Å². The summed E-state index contributed by atoms with van der Waals surface area (Å²) in [4.78, 5) is 76.2. The molecule has 0 aromatic heterocycles. The fourth-order valence-corrected chi connectivity index (χ4v) is 5.30. The molecule has 1 saturated heterocycles. The molecule has 2 fully saturated rings. The van der Waals surface area contributed by atoms with Crippen LogP contribution < -0.4 is 4.74 Å². The summed E-state index contributed by atoms with van der Waals surface area (Å²) in [6, 6.07) is 16.3. The predicted octanol–water partition coefficient (Wildman–Crippen LogP) is 4.88. The first-order valence-electron chi connectivity index (χ1n) is 13.2. The van der Waals surface area contributed by atoms with Crippen LogP contribution in [-0.4, -0.2) is 51.0 Å². The number of nitrogens with zero attached hydrogens (tertiary/aromatic N) is 3. The normalized spacial score (nSPS) is 17.9. The van der Waals surface area contributed by atoms with Crippen LogP contribution >= 0.6 is 11.6 Å². The highest BCUT2D eigenvalue weighted by atomic mass is 35.5. The second-order valence-corrected chi connectivity index (χ2v) is 10.4. The van der Waals surface area contributed by atoms with E-state index in [0.29, 0.717) is 17.9 Å². The summed E-state index contributed by atoms with van der Waals surface area (Å²) < 4.78 is 5.29. The lowest BCUT2D eigenvalue weighted by Gasteiger charge is -2.30. The second-order valence-electron chi connectivity index (χ2n) is 10.00. The van der Waals surface area contributed by atoms with Gasteiger partial charge < -0.3 is 4.74 Å². The van der Waals surface area contributed by atoms with Crippen molar-refractivity contribution < 1.29 is 33.6 Å². The molecule has 1 aliphatic heterocycles. The van der Waals surface area contributed by atoms with Crippen molar-refractivity contribution >= 4 is 46.8 Å². The summed E-state index contributed by atoms with van der Waals surface area (Å²) in [5, 5.41) is 12.9. The number of halogens is 1. The summed E-state index contributed by atoms with van der Waals surface area (Å²) >= 11 is 5.96. The maximum atomic E-state index is 13.6. The maximum absolute atomic E-state index is 13.6. The molecule has 3 aromatic rings. The third-order valence-electron chi connectivity index (χ3n) is 7.38. The molecule has 5 rings (SSSR count). The number of nitro benzene ring substituents is 1. The second kappa shape index (κ2) is 11.9. The van der Waals surface area contributed by atoms with Crippen LogP contribution in [-0.2, 0) is 9.59 Å². The summed E-state index contributed by atoms with van der Waals surface area (Å²) in [7, 11) is 0. The highest BCUT2D eigenvalue weighted by Crippen LogP contribution is 2.39. The van der Waals surface area contributed by atoms with Crippen LogP contribution in [0.1, 0.15) is 56.8 Å². The van der Waals surface area contributed by atoms with Gasteiger partial charge in [0.05, 0.1) is 22.3 Å². The van der Waals surface area contributed by atoms with Crippen molar-refractivity contribution in [2.24, 2.45) is 11.8 Å². The Morgan fingerprint density at radius 3 is 1.90 bits per heavy atom. The molecule has 3 aromatic carbocycles. The highest BCUT2D eigenvalue weighted by molar-refractivity contribution is 6.30. The molecule has 3 amide bonds. The van der Waals surface area contributed by atoms with Gasteiger partial charge in [-0.2, -0.15) is 5.01 Å². The predicted molar refractivity (Wildman–Crippen MR) is 149 cm³/mol. The van der Waals surface area contributed by atoms with Crippen LogP contribution in [0.15, 0.2) is 72.8 Å². The summed E-state index contributed by atoms with van der Waals surface area (Å²) in [6.45, 7) is -0.583. The van der Waals surface area contributed by atoms with E-state index in [1.807, 2.05) is 0 Å². The topological polar surface area (TPSA) is 144 Å². The number of benzene rings is 3. The Bertz CT molecular complexity index is 1550. The van der Waals surface area contributed by atoms with E-state index in [-0.39, 0.29) is 28.1 Å². The molecule has 1 saturated carbocycles. The van der Waals surface area contributed by atoms with E-state index in [0.717, 1.165) is 22.9 Å². The Kier molecular flexibility index (Phi) is 8.12. The monoisotopic (exact) mass is 589 g/mol. The number of imide groups is 1. The Balaban J connectivity index is 1.34. The molecule has 214 valence electrons. The largest absolute Gasteiger partial charge is 0.423 e. The van der Waals surface area contributed by atoms with Crippen molar-refractivity contribution in [3.63, 3.8) is 0 Å². The molecule has 0 radical (unpaired) electrons. The summed E-state index contributed by atoms with van der Waals surface area (Å²) in [5.74, 6) is -3.93. The molecule has 0 spiro atoms. The Morgan fingerprint density at radius 2 is 1.36 bits per heavy atom. The number of nitro groups is 1. The molecular weight excluding hydrogens is 566 g/mol. The summed E-state index contributed by atoms with van der Waals surface area (Å²) in [5.41, 5.74) is 0.221. The molecule has 1 heterocycles. The molecule has 12 heteroatoms. The number of hydrogen-bond acceptors (Lipinski definition) is 8. The number of ketones is 1. The minimum Gasteiger partial charge on any atom is -0.423 e. The van der Waals surface area contributed by atoms with Gasteiger partial charge in [0, 0.05) is 28.3 Å². The van der Waals surface area contributed by atoms with Gasteiger partial charge in [0.2, 0.25) is 0 Å². The maximum Gasteiger partial charge on any atom is 0.343 e. The number of fused-ring (bicyclic) bond motifs is 1. The van der Waals surface area contributed by atoms with Crippen molar-refractivity contribution in [1.29, 1.82) is 0 Å². The lowest BCUT2D eigenvalue weighted by Crippen LogP contribution is -2.52. The molecule has 42 heavy (non-hydrogen) atoms. The Morgan fingerprint density at radius 1 is 0.833 bits per heavy atom. The number of ether oxygens (including phenoxy) is 1. The number of carbonyl (C=O) groups is 5. The number of hydrazine groups is 1. The molecule has 0 N–H and O–H groups in total. The zero-order valence-electron chi connectivity index (χ0n) is 22.1. The van der Waals surface area contributed by atoms with E-state index < -0.39 is 52.8 Å². The van der Waals surface area contributed by atoms with E-state index in [1.165, 1.54) is 72.8 Å². The lowest BCUT2D eigenvalue weighted by molar-refractivity contribution is -0.384. The number of esters is 1. The van der Waals surface area contributed by atoms with Crippen molar-refractivity contribution in [2.45, 2.75) is 25.7 Å². The molecule has 11 nitrogen and oxygen atoms in total. The Hall–Kier alpha value is -4.90. The lowest BCUT2D eigenvalue weighted by atomic mass is 9.81. The van der Waals surface area contributed by atoms with Gasteiger partial charge in [-0.3, -0.25) is 29.3 Å². The zero-order chi connectivity index (χ0) is 30.0. The van der Waals surface area contributed by atoms with E-state index in [1.54, 1.807) is 0 Å². The highest BCUT2D eigenvalue weighted by Gasteiger charge is 2.51. The standard InChI is InChI=1S/C30H24ClN3O8/c31-21-11-5-19(6-12-21)27(36)32(33-28(37)24-3-1-2-4-25(24)29(33)38)17-26(35)18-9-15-23(16-10-18)42-30(39)20-7-13-22(14-8-20)34(40)41/h5-16,24-25H,1-4,17H2/t24-,25+. The number of rotatable bonds is 8. The first kappa shape index (κ1) is 28.6. The number of Topliss-reactive ketones (excluding diaryl/α,β-unsaturated/α-hetero) is 1. The minimum absolute atomic E-state index is 0.0950.